The summed E-state index contributed by atoms with van der Waals surface area (Å²) in [5.74, 6) is -0.275. The highest BCUT2D eigenvalue weighted by atomic mass is 16.1. The summed E-state index contributed by atoms with van der Waals surface area (Å²) >= 11 is 0. The van der Waals surface area contributed by atoms with Gasteiger partial charge in [0, 0.05) is 18.6 Å². The second-order valence-corrected chi connectivity index (χ2v) is 5.63. The van der Waals surface area contributed by atoms with Crippen LogP contribution >= 0.6 is 0 Å². The quantitative estimate of drug-likeness (QED) is 0.874. The largest absolute Gasteiger partial charge is 0.369 e. The molecule has 0 aliphatic carbocycles. The molecule has 2 unspecified atom stereocenters. The van der Waals surface area contributed by atoms with E-state index in [1.165, 1.54) is 0 Å². The lowest BCUT2D eigenvalue weighted by Gasteiger charge is -2.38. The number of aromatic nitrogens is 1. The van der Waals surface area contributed by atoms with Crippen LogP contribution in [-0.4, -0.2) is 23.5 Å². The normalized spacial score (nSPS) is 24.4. The molecular weight excluding hydrogens is 252 g/mol. The molecule has 4 N–H and O–H groups in total. The molecule has 110 valence electrons. The van der Waals surface area contributed by atoms with Crippen molar-refractivity contribution in [1.29, 1.82) is 0 Å². The molecule has 1 saturated heterocycles. The molecule has 0 bridgehead atoms. The van der Waals surface area contributed by atoms with E-state index in [-0.39, 0.29) is 17.9 Å². The van der Waals surface area contributed by atoms with Gasteiger partial charge >= 0.3 is 0 Å². The van der Waals surface area contributed by atoms with Crippen molar-refractivity contribution in [1.82, 2.24) is 4.98 Å². The van der Waals surface area contributed by atoms with Crippen LogP contribution in [0.1, 0.15) is 44.8 Å². The summed E-state index contributed by atoms with van der Waals surface area (Å²) in [5, 5.41) is 0. The zero-order valence-electron chi connectivity index (χ0n) is 12.2. The number of amides is 1. The molecule has 0 spiro atoms. The second-order valence-electron chi connectivity index (χ2n) is 5.63. The standard InChI is InChI=1S/C15H24N4O/c1-3-13(16)14-7-6-12(8-18-14)19-9-11(15(17)20)5-4-10(19)2/h6-8,10-11,13H,3-5,9,16H2,1-2H3,(H2,17,20)/t10?,11?,13-/m0/s1. The van der Waals surface area contributed by atoms with Gasteiger partial charge in [-0.3, -0.25) is 9.78 Å². The van der Waals surface area contributed by atoms with E-state index < -0.39 is 0 Å². The average Bonchev–Trinajstić information content (AvgIpc) is 2.47. The number of primary amides is 1. The number of hydrogen-bond donors (Lipinski definition) is 2. The Hall–Kier alpha value is -1.62. The molecule has 5 heteroatoms. The van der Waals surface area contributed by atoms with Crippen LogP contribution in [-0.2, 0) is 4.79 Å². The molecule has 20 heavy (non-hydrogen) atoms. The van der Waals surface area contributed by atoms with Crippen molar-refractivity contribution in [2.24, 2.45) is 17.4 Å². The lowest BCUT2D eigenvalue weighted by molar-refractivity contribution is -0.122. The maximum atomic E-state index is 11.4. The zero-order chi connectivity index (χ0) is 14.7. The van der Waals surface area contributed by atoms with Gasteiger partial charge in [-0.1, -0.05) is 6.92 Å². The third-order valence-corrected chi connectivity index (χ3v) is 4.21. The molecule has 2 rings (SSSR count). The minimum Gasteiger partial charge on any atom is -0.369 e. The summed E-state index contributed by atoms with van der Waals surface area (Å²) in [6, 6.07) is 4.40. The SMILES string of the molecule is CC[C@H](N)c1ccc(N2CC(C(N)=O)CCC2C)cn1. The molecule has 0 saturated carbocycles. The zero-order valence-corrected chi connectivity index (χ0v) is 12.2. The lowest BCUT2D eigenvalue weighted by atomic mass is 9.92. The second kappa shape index (κ2) is 6.22. The predicted octanol–water partition coefficient (Wildman–Crippen LogP) is 1.58. The number of hydrogen-bond acceptors (Lipinski definition) is 4. The van der Waals surface area contributed by atoms with Gasteiger partial charge in [0.2, 0.25) is 5.91 Å². The Morgan fingerprint density at radius 1 is 1.50 bits per heavy atom. The Morgan fingerprint density at radius 3 is 2.80 bits per heavy atom. The highest BCUT2D eigenvalue weighted by Crippen LogP contribution is 2.27. The van der Waals surface area contributed by atoms with Crippen molar-refractivity contribution in [3.63, 3.8) is 0 Å². The number of carbonyl (C=O) groups excluding carboxylic acids is 1. The lowest BCUT2D eigenvalue weighted by Crippen LogP contribution is -2.46. The van der Waals surface area contributed by atoms with E-state index in [2.05, 4.69) is 16.8 Å². The molecule has 5 nitrogen and oxygen atoms in total. The van der Waals surface area contributed by atoms with Gasteiger partial charge in [-0.05, 0) is 38.3 Å². The summed E-state index contributed by atoms with van der Waals surface area (Å²) in [5.41, 5.74) is 13.4. The van der Waals surface area contributed by atoms with Gasteiger partial charge in [-0.15, -0.1) is 0 Å². The third kappa shape index (κ3) is 3.10. The minimum atomic E-state index is -0.209. The number of carbonyl (C=O) groups is 1. The van der Waals surface area contributed by atoms with Gasteiger partial charge < -0.3 is 16.4 Å². The maximum absolute atomic E-state index is 11.4. The van der Waals surface area contributed by atoms with E-state index in [1.807, 2.05) is 25.3 Å². The molecule has 1 aromatic rings. The van der Waals surface area contributed by atoms with Gasteiger partial charge in [-0.2, -0.15) is 0 Å². The first kappa shape index (κ1) is 14.8. The van der Waals surface area contributed by atoms with Gasteiger partial charge in [-0.25, -0.2) is 0 Å². The van der Waals surface area contributed by atoms with Crippen LogP contribution in [0.3, 0.4) is 0 Å². The summed E-state index contributed by atoms with van der Waals surface area (Å²) < 4.78 is 0. The van der Waals surface area contributed by atoms with Crippen LogP contribution in [0.4, 0.5) is 5.69 Å². The van der Waals surface area contributed by atoms with Crippen LogP contribution in [0.5, 0.6) is 0 Å². The Kier molecular flexibility index (Phi) is 4.60. The number of nitrogens with two attached hydrogens (primary N) is 2. The van der Waals surface area contributed by atoms with E-state index in [0.29, 0.717) is 12.6 Å². The topological polar surface area (TPSA) is 85.2 Å². The van der Waals surface area contributed by atoms with E-state index in [1.54, 1.807) is 0 Å². The molecular formula is C15H24N4O. The summed E-state index contributed by atoms with van der Waals surface area (Å²) in [6.07, 6.45) is 4.57. The molecule has 1 amide bonds. The fraction of sp³-hybridized carbons (Fsp3) is 0.600. The van der Waals surface area contributed by atoms with Crippen LogP contribution in [0, 0.1) is 5.92 Å². The van der Waals surface area contributed by atoms with Crippen molar-refractivity contribution in [3.05, 3.63) is 24.0 Å². The first-order valence-electron chi connectivity index (χ1n) is 7.30. The summed E-state index contributed by atoms with van der Waals surface area (Å²) in [7, 11) is 0. The van der Waals surface area contributed by atoms with Crippen LogP contribution in [0.2, 0.25) is 0 Å². The van der Waals surface area contributed by atoms with Gasteiger partial charge in [0.1, 0.15) is 0 Å². The highest BCUT2D eigenvalue weighted by molar-refractivity contribution is 5.77. The fourth-order valence-electron chi connectivity index (χ4n) is 2.69. The number of nitrogens with zero attached hydrogens (tertiary/aromatic N) is 2. The van der Waals surface area contributed by atoms with E-state index in [0.717, 1.165) is 30.6 Å². The predicted molar refractivity (Wildman–Crippen MR) is 80.2 cm³/mol. The number of pyridine rings is 1. The molecule has 3 atom stereocenters. The summed E-state index contributed by atoms with van der Waals surface area (Å²) in [4.78, 5) is 18.0. The van der Waals surface area contributed by atoms with Crippen LogP contribution in [0.25, 0.3) is 0 Å². The number of piperidine rings is 1. The molecule has 1 aromatic heterocycles. The maximum Gasteiger partial charge on any atom is 0.222 e. The summed E-state index contributed by atoms with van der Waals surface area (Å²) in [6.45, 7) is 4.89. The molecule has 1 fully saturated rings. The smallest absolute Gasteiger partial charge is 0.222 e. The Balaban J connectivity index is 2.14. The van der Waals surface area contributed by atoms with Crippen molar-refractivity contribution in [2.75, 3.05) is 11.4 Å². The molecule has 0 radical (unpaired) electrons. The number of rotatable bonds is 4. The molecule has 0 aromatic carbocycles. The molecule has 1 aliphatic heterocycles. The Morgan fingerprint density at radius 2 is 2.25 bits per heavy atom. The highest BCUT2D eigenvalue weighted by Gasteiger charge is 2.28. The van der Waals surface area contributed by atoms with Crippen molar-refractivity contribution in [3.8, 4) is 0 Å². The third-order valence-electron chi connectivity index (χ3n) is 4.21. The average molecular weight is 276 g/mol. The minimum absolute atomic E-state index is 0.0128. The van der Waals surface area contributed by atoms with Crippen LogP contribution in [0.15, 0.2) is 18.3 Å². The van der Waals surface area contributed by atoms with E-state index >= 15 is 0 Å². The fourth-order valence-corrected chi connectivity index (χ4v) is 2.69. The van der Waals surface area contributed by atoms with Crippen molar-refractivity contribution < 1.29 is 4.79 Å². The first-order valence-corrected chi connectivity index (χ1v) is 7.30. The van der Waals surface area contributed by atoms with Crippen LogP contribution < -0.4 is 16.4 Å². The Bertz CT molecular complexity index is 459. The monoisotopic (exact) mass is 276 g/mol. The van der Waals surface area contributed by atoms with Gasteiger partial charge in [0.05, 0.1) is 23.5 Å². The van der Waals surface area contributed by atoms with Gasteiger partial charge in [0.25, 0.3) is 0 Å². The van der Waals surface area contributed by atoms with E-state index in [9.17, 15) is 4.79 Å². The molecule has 2 heterocycles. The van der Waals surface area contributed by atoms with E-state index in [4.69, 9.17) is 11.5 Å². The number of anilines is 1. The molecule has 1 aliphatic rings. The first-order chi connectivity index (χ1) is 9.52. The van der Waals surface area contributed by atoms with Gasteiger partial charge in [0.15, 0.2) is 0 Å². The van der Waals surface area contributed by atoms with Crippen molar-refractivity contribution in [2.45, 2.75) is 45.2 Å². The van der Waals surface area contributed by atoms with Crippen molar-refractivity contribution >= 4 is 11.6 Å². The Labute approximate surface area is 120 Å².